The molecule has 1 aromatic rings. The first-order valence-corrected chi connectivity index (χ1v) is 8.39. The third-order valence-electron chi connectivity index (χ3n) is 4.26. The highest BCUT2D eigenvalue weighted by atomic mass is 16.8. The SMILES string of the molecule is COC(=O)C[C@@H]1O[C@H](CO/C=C/c2ccccc2)[C@H]2OC(C)(C)O[C@H]21. The lowest BCUT2D eigenvalue weighted by Crippen LogP contribution is -2.32. The van der Waals surface area contributed by atoms with E-state index in [4.69, 9.17) is 23.7 Å². The van der Waals surface area contributed by atoms with Gasteiger partial charge in [-0.15, -0.1) is 0 Å². The van der Waals surface area contributed by atoms with E-state index < -0.39 is 11.9 Å². The zero-order chi connectivity index (χ0) is 17.9. The zero-order valence-electron chi connectivity index (χ0n) is 14.7. The van der Waals surface area contributed by atoms with E-state index in [-0.39, 0.29) is 30.7 Å². The quantitative estimate of drug-likeness (QED) is 0.581. The maximum Gasteiger partial charge on any atom is 0.308 e. The summed E-state index contributed by atoms with van der Waals surface area (Å²) in [5.74, 6) is -1.03. The predicted octanol–water partition coefficient (Wildman–Crippen LogP) is 2.52. The minimum absolute atomic E-state index is 0.132. The van der Waals surface area contributed by atoms with Crippen LogP contribution in [0.25, 0.3) is 6.08 Å². The van der Waals surface area contributed by atoms with Crippen molar-refractivity contribution in [1.82, 2.24) is 0 Å². The molecule has 136 valence electrons. The molecule has 0 bridgehead atoms. The van der Waals surface area contributed by atoms with Crippen LogP contribution in [0.4, 0.5) is 0 Å². The Balaban J connectivity index is 1.59. The van der Waals surface area contributed by atoms with Gasteiger partial charge in [-0.05, 0) is 25.5 Å². The molecule has 0 spiro atoms. The first kappa shape index (κ1) is 17.9. The second-order valence-corrected chi connectivity index (χ2v) is 6.60. The molecule has 0 aromatic heterocycles. The number of benzene rings is 1. The summed E-state index contributed by atoms with van der Waals surface area (Å²) >= 11 is 0. The fourth-order valence-electron chi connectivity index (χ4n) is 3.16. The maximum atomic E-state index is 11.6. The molecule has 0 N–H and O–H groups in total. The molecule has 0 unspecified atom stereocenters. The Kier molecular flexibility index (Phi) is 5.42. The molecule has 2 heterocycles. The Labute approximate surface area is 147 Å². The Hall–Kier alpha value is -1.89. The number of hydrogen-bond acceptors (Lipinski definition) is 6. The second-order valence-electron chi connectivity index (χ2n) is 6.60. The number of rotatable bonds is 6. The van der Waals surface area contributed by atoms with Crippen molar-refractivity contribution in [3.63, 3.8) is 0 Å². The molecule has 2 aliphatic heterocycles. The Morgan fingerprint density at radius 1 is 1.16 bits per heavy atom. The van der Waals surface area contributed by atoms with Crippen LogP contribution < -0.4 is 0 Å². The van der Waals surface area contributed by atoms with Crippen LogP contribution in [0.3, 0.4) is 0 Å². The van der Waals surface area contributed by atoms with Crippen molar-refractivity contribution >= 4 is 12.0 Å². The van der Waals surface area contributed by atoms with E-state index in [0.717, 1.165) is 5.56 Å². The van der Waals surface area contributed by atoms with Gasteiger partial charge in [0.05, 0.1) is 25.9 Å². The molecule has 0 saturated carbocycles. The van der Waals surface area contributed by atoms with E-state index in [9.17, 15) is 4.79 Å². The van der Waals surface area contributed by atoms with E-state index in [1.54, 1.807) is 6.26 Å². The van der Waals surface area contributed by atoms with Gasteiger partial charge in [0, 0.05) is 0 Å². The van der Waals surface area contributed by atoms with Gasteiger partial charge in [0.15, 0.2) is 5.79 Å². The van der Waals surface area contributed by atoms with Crippen LogP contribution in [-0.2, 0) is 28.5 Å². The van der Waals surface area contributed by atoms with Crippen molar-refractivity contribution in [3.8, 4) is 0 Å². The third kappa shape index (κ3) is 4.39. The molecule has 25 heavy (non-hydrogen) atoms. The van der Waals surface area contributed by atoms with Crippen molar-refractivity contribution in [1.29, 1.82) is 0 Å². The van der Waals surface area contributed by atoms with Gasteiger partial charge in [0.1, 0.15) is 24.9 Å². The molecule has 0 aliphatic carbocycles. The molecule has 0 radical (unpaired) electrons. The predicted molar refractivity (Wildman–Crippen MR) is 90.5 cm³/mol. The number of carbonyl (C=O) groups is 1. The summed E-state index contributed by atoms with van der Waals surface area (Å²) in [6.45, 7) is 4.03. The highest BCUT2D eigenvalue weighted by molar-refractivity contribution is 5.70. The average Bonchev–Trinajstić information content (AvgIpc) is 3.07. The number of hydrogen-bond donors (Lipinski definition) is 0. The van der Waals surface area contributed by atoms with Gasteiger partial charge in [-0.2, -0.15) is 0 Å². The number of ether oxygens (including phenoxy) is 5. The topological polar surface area (TPSA) is 63.2 Å². The van der Waals surface area contributed by atoms with Crippen molar-refractivity contribution < 1.29 is 28.5 Å². The largest absolute Gasteiger partial charge is 0.498 e. The fraction of sp³-hybridized carbons (Fsp3) is 0.526. The van der Waals surface area contributed by atoms with E-state index in [0.29, 0.717) is 6.61 Å². The molecule has 6 heteroatoms. The highest BCUT2D eigenvalue weighted by Crippen LogP contribution is 2.39. The van der Waals surface area contributed by atoms with Crippen LogP contribution in [0.1, 0.15) is 25.8 Å². The molecule has 6 nitrogen and oxygen atoms in total. The smallest absolute Gasteiger partial charge is 0.308 e. The summed E-state index contributed by atoms with van der Waals surface area (Å²) in [6.07, 6.45) is 2.38. The van der Waals surface area contributed by atoms with Gasteiger partial charge < -0.3 is 23.7 Å². The molecule has 2 fully saturated rings. The molecule has 0 amide bonds. The molecule has 1 aromatic carbocycles. The number of carbonyl (C=O) groups excluding carboxylic acids is 1. The fourth-order valence-corrected chi connectivity index (χ4v) is 3.16. The average molecular weight is 348 g/mol. The van der Waals surface area contributed by atoms with Gasteiger partial charge in [0.2, 0.25) is 0 Å². The summed E-state index contributed by atoms with van der Waals surface area (Å²) < 4.78 is 28.1. The summed E-state index contributed by atoms with van der Waals surface area (Å²) in [5, 5.41) is 0. The minimum atomic E-state index is -0.703. The standard InChI is InChI=1S/C19H24O6/c1-19(2)24-17-14(11-16(20)21-3)23-15(18(17)25-19)12-22-10-9-13-7-5-4-6-8-13/h4-10,14-15,17-18H,11-12H2,1-3H3/b10-9+/t14-,15+,17-,18+/m0/s1. The number of esters is 1. The summed E-state index contributed by atoms with van der Waals surface area (Å²) in [4.78, 5) is 11.6. The zero-order valence-corrected chi connectivity index (χ0v) is 14.7. The van der Waals surface area contributed by atoms with Crippen LogP contribution in [0.15, 0.2) is 36.6 Å². The third-order valence-corrected chi connectivity index (χ3v) is 4.26. The lowest BCUT2D eigenvalue weighted by Gasteiger charge is -2.23. The lowest BCUT2D eigenvalue weighted by molar-refractivity contribution is -0.193. The van der Waals surface area contributed by atoms with Crippen molar-refractivity contribution in [2.45, 2.75) is 50.5 Å². The van der Waals surface area contributed by atoms with Crippen molar-refractivity contribution in [3.05, 3.63) is 42.2 Å². The van der Waals surface area contributed by atoms with Crippen molar-refractivity contribution in [2.24, 2.45) is 0 Å². The first-order chi connectivity index (χ1) is 12.0. The Morgan fingerprint density at radius 3 is 2.52 bits per heavy atom. The van der Waals surface area contributed by atoms with Gasteiger partial charge in [-0.25, -0.2) is 0 Å². The van der Waals surface area contributed by atoms with Crippen LogP contribution >= 0.6 is 0 Å². The molecular formula is C19H24O6. The molecule has 4 atom stereocenters. The molecular weight excluding hydrogens is 324 g/mol. The number of fused-ring (bicyclic) bond motifs is 1. The van der Waals surface area contributed by atoms with E-state index in [2.05, 4.69) is 0 Å². The molecule has 2 saturated heterocycles. The monoisotopic (exact) mass is 348 g/mol. The van der Waals surface area contributed by atoms with Crippen LogP contribution in [-0.4, -0.2) is 49.9 Å². The molecule has 2 aliphatic rings. The summed E-state index contributed by atoms with van der Waals surface area (Å²) in [6, 6.07) is 9.88. The van der Waals surface area contributed by atoms with Crippen molar-refractivity contribution in [2.75, 3.05) is 13.7 Å². The Bertz CT molecular complexity index is 612. The van der Waals surface area contributed by atoms with E-state index >= 15 is 0 Å². The maximum absolute atomic E-state index is 11.6. The summed E-state index contributed by atoms with van der Waals surface area (Å²) in [7, 11) is 1.36. The van der Waals surface area contributed by atoms with Crippen LogP contribution in [0.5, 0.6) is 0 Å². The second kappa shape index (κ2) is 7.56. The highest BCUT2D eigenvalue weighted by Gasteiger charge is 2.55. The van der Waals surface area contributed by atoms with Gasteiger partial charge in [-0.1, -0.05) is 30.3 Å². The minimum Gasteiger partial charge on any atom is -0.498 e. The Morgan fingerprint density at radius 2 is 1.84 bits per heavy atom. The molecule has 3 rings (SSSR count). The van der Waals surface area contributed by atoms with Gasteiger partial charge in [-0.3, -0.25) is 4.79 Å². The number of methoxy groups -OCH3 is 1. The normalized spacial score (nSPS) is 30.4. The van der Waals surface area contributed by atoms with Gasteiger partial charge in [0.25, 0.3) is 0 Å². The van der Waals surface area contributed by atoms with E-state index in [1.807, 2.05) is 50.3 Å². The van der Waals surface area contributed by atoms with Crippen LogP contribution in [0.2, 0.25) is 0 Å². The first-order valence-electron chi connectivity index (χ1n) is 8.39. The summed E-state index contributed by atoms with van der Waals surface area (Å²) in [5.41, 5.74) is 1.05. The van der Waals surface area contributed by atoms with Crippen LogP contribution in [0, 0.1) is 0 Å². The lowest BCUT2D eigenvalue weighted by atomic mass is 10.1. The van der Waals surface area contributed by atoms with E-state index in [1.165, 1.54) is 7.11 Å². The van der Waals surface area contributed by atoms with Gasteiger partial charge >= 0.3 is 5.97 Å².